The molecule has 3 aliphatic heterocycles. The lowest BCUT2D eigenvalue weighted by Gasteiger charge is -2.43. The molecule has 4 fully saturated rings. The molecule has 1 saturated carbocycles. The number of hydrogen-bond acceptors (Lipinski definition) is 10. The number of rotatable bonds is 10. The predicted octanol–water partition coefficient (Wildman–Crippen LogP) is 6.66. The lowest BCUT2D eigenvalue weighted by molar-refractivity contribution is -0.120. The Morgan fingerprint density at radius 1 is 0.709 bits per heavy atom. The van der Waals surface area contributed by atoms with Gasteiger partial charge in [0.25, 0.3) is 0 Å². The van der Waals surface area contributed by atoms with Crippen molar-refractivity contribution >= 4 is 57.7 Å². The fraction of sp³-hybridized carbons (Fsp3) is 0.405. The number of piperazine rings is 1. The van der Waals surface area contributed by atoms with Crippen molar-refractivity contribution in [2.75, 3.05) is 66.2 Å². The molecule has 3 amide bonds. The first kappa shape index (κ1) is 35.2. The summed E-state index contributed by atoms with van der Waals surface area (Å²) in [5, 5.41) is 9.43. The van der Waals surface area contributed by atoms with E-state index in [0.29, 0.717) is 31.0 Å². The minimum atomic E-state index is -0.329. The fourth-order valence-corrected chi connectivity index (χ4v) is 8.80. The molecular weight excluding hydrogens is 691 g/mol. The second-order valence-electron chi connectivity index (χ2n) is 15.2. The molecule has 0 radical (unpaired) electrons. The zero-order chi connectivity index (χ0) is 37.1. The van der Waals surface area contributed by atoms with Crippen molar-refractivity contribution in [1.29, 1.82) is 0 Å². The van der Waals surface area contributed by atoms with Crippen LogP contribution in [-0.2, 0) is 11.3 Å². The zero-order valence-corrected chi connectivity index (χ0v) is 31.2. The van der Waals surface area contributed by atoms with Gasteiger partial charge in [-0.15, -0.1) is 0 Å². The number of benzene rings is 3. The van der Waals surface area contributed by atoms with Crippen molar-refractivity contribution in [3.63, 3.8) is 0 Å². The molecule has 5 aromatic rings. The van der Waals surface area contributed by atoms with Crippen LogP contribution in [0.5, 0.6) is 0 Å². The molecule has 4 aliphatic rings. The van der Waals surface area contributed by atoms with Gasteiger partial charge in [0.05, 0.1) is 6.20 Å². The summed E-state index contributed by atoms with van der Waals surface area (Å²) in [5.41, 5.74) is 6.89. The van der Waals surface area contributed by atoms with E-state index in [1.54, 1.807) is 4.90 Å². The molecule has 13 nitrogen and oxygen atoms in total. The number of carbonyl (C=O) groups is 2. The van der Waals surface area contributed by atoms with Gasteiger partial charge in [-0.25, -0.2) is 14.8 Å². The Morgan fingerprint density at radius 2 is 1.44 bits per heavy atom. The number of nitrogens with one attached hydrogen (secondary N) is 3. The summed E-state index contributed by atoms with van der Waals surface area (Å²) in [6, 6.07) is 27.6. The number of fused-ring (bicyclic) bond motifs is 1. The fourth-order valence-electron chi connectivity index (χ4n) is 8.80. The third kappa shape index (κ3) is 7.72. The smallest absolute Gasteiger partial charge is 0.328 e. The minimum Gasteiger partial charge on any atom is -0.371 e. The Balaban J connectivity index is 0.783. The van der Waals surface area contributed by atoms with Crippen LogP contribution in [0.3, 0.4) is 0 Å². The molecular formula is C42H49N11O2. The zero-order valence-electron chi connectivity index (χ0n) is 31.2. The first-order valence-corrected chi connectivity index (χ1v) is 19.9. The largest absolute Gasteiger partial charge is 0.371 e. The van der Waals surface area contributed by atoms with E-state index < -0.39 is 0 Å². The van der Waals surface area contributed by atoms with Gasteiger partial charge in [0.15, 0.2) is 5.65 Å². The summed E-state index contributed by atoms with van der Waals surface area (Å²) in [4.78, 5) is 48.1. The van der Waals surface area contributed by atoms with E-state index in [9.17, 15) is 9.59 Å². The standard InChI is InChI=1S/C42H49N11O2/c54-38-20-23-52(42(55)47-38)37-13-7-4-8-30(37)29-49-24-26-51(27-25-49)34-18-21-50(22-19-34)33-16-14-32(15-17-33)44-40-43-28-36-39(48-40)53(35-11-5-6-12-35)41(46-36)45-31-9-2-1-3-10-31/h1-4,7-10,13-17,28,34-35H,5-6,11-12,18-27,29H2,(H,45,46)(H,43,44,48)(H,47,54,55). The Kier molecular flexibility index (Phi) is 10.0. The number of carbonyl (C=O) groups excluding carboxylic acids is 2. The monoisotopic (exact) mass is 739 g/mol. The summed E-state index contributed by atoms with van der Waals surface area (Å²) >= 11 is 0. The third-order valence-electron chi connectivity index (χ3n) is 11.8. The molecule has 9 rings (SSSR count). The minimum absolute atomic E-state index is 0.207. The van der Waals surface area contributed by atoms with Crippen LogP contribution < -0.4 is 25.8 Å². The Labute approximate surface area is 321 Å². The van der Waals surface area contributed by atoms with Crippen LogP contribution in [0.1, 0.15) is 56.6 Å². The van der Waals surface area contributed by atoms with Crippen molar-refractivity contribution in [2.24, 2.45) is 0 Å². The van der Waals surface area contributed by atoms with E-state index in [1.165, 1.54) is 18.5 Å². The highest BCUT2D eigenvalue weighted by Gasteiger charge is 2.30. The SMILES string of the molecule is O=C1CCN(c2ccccc2CN2CCN(C3CCN(c4ccc(Nc5ncc6nc(Nc7ccccc7)n(C7CCCC7)c6n5)cc4)CC3)CC2)C(=O)N1. The number of hydrogen-bond donors (Lipinski definition) is 3. The van der Waals surface area contributed by atoms with Crippen LogP contribution >= 0.6 is 0 Å². The number of amides is 3. The average molecular weight is 740 g/mol. The quantitative estimate of drug-likeness (QED) is 0.143. The van der Waals surface area contributed by atoms with Gasteiger partial charge < -0.3 is 15.5 Å². The highest BCUT2D eigenvalue weighted by molar-refractivity contribution is 6.05. The summed E-state index contributed by atoms with van der Waals surface area (Å²) in [5.74, 6) is 1.18. The topological polar surface area (TPSA) is 127 Å². The highest BCUT2D eigenvalue weighted by atomic mass is 16.2. The number of imidazole rings is 1. The van der Waals surface area contributed by atoms with Crippen LogP contribution in [-0.4, -0.2) is 93.1 Å². The summed E-state index contributed by atoms with van der Waals surface area (Å²) in [6.07, 6.45) is 9.14. The Morgan fingerprint density at radius 3 is 2.20 bits per heavy atom. The maximum absolute atomic E-state index is 12.5. The van der Waals surface area contributed by atoms with Crippen molar-refractivity contribution in [3.05, 3.63) is 90.6 Å². The average Bonchev–Trinajstić information content (AvgIpc) is 3.87. The van der Waals surface area contributed by atoms with Gasteiger partial charge in [-0.1, -0.05) is 49.2 Å². The highest BCUT2D eigenvalue weighted by Crippen LogP contribution is 2.36. The van der Waals surface area contributed by atoms with Gasteiger partial charge in [-0.3, -0.25) is 29.4 Å². The molecule has 284 valence electrons. The molecule has 0 unspecified atom stereocenters. The molecule has 55 heavy (non-hydrogen) atoms. The van der Waals surface area contributed by atoms with E-state index in [-0.39, 0.29) is 11.9 Å². The second-order valence-corrected chi connectivity index (χ2v) is 15.2. The van der Waals surface area contributed by atoms with E-state index >= 15 is 0 Å². The van der Waals surface area contributed by atoms with Gasteiger partial charge in [-0.2, -0.15) is 4.98 Å². The lowest BCUT2D eigenvalue weighted by Crippen LogP contribution is -2.53. The number of imide groups is 1. The molecule has 2 aromatic heterocycles. The first-order valence-electron chi connectivity index (χ1n) is 19.9. The van der Waals surface area contributed by atoms with E-state index in [0.717, 1.165) is 111 Å². The van der Waals surface area contributed by atoms with Gasteiger partial charge in [-0.05, 0) is 73.7 Å². The van der Waals surface area contributed by atoms with Crippen LogP contribution in [0.15, 0.2) is 85.1 Å². The second kappa shape index (κ2) is 15.7. The van der Waals surface area contributed by atoms with E-state index in [1.807, 2.05) is 42.6 Å². The lowest BCUT2D eigenvalue weighted by atomic mass is 10.0. The van der Waals surface area contributed by atoms with Crippen molar-refractivity contribution in [1.82, 2.24) is 34.6 Å². The molecule has 3 saturated heterocycles. The number of anilines is 6. The van der Waals surface area contributed by atoms with Gasteiger partial charge in [0.1, 0.15) is 5.52 Å². The van der Waals surface area contributed by atoms with Gasteiger partial charge in [0, 0.05) is 93.6 Å². The third-order valence-corrected chi connectivity index (χ3v) is 11.8. The van der Waals surface area contributed by atoms with Gasteiger partial charge in [0.2, 0.25) is 17.8 Å². The Hall–Kier alpha value is -5.53. The molecule has 0 spiro atoms. The summed E-state index contributed by atoms with van der Waals surface area (Å²) in [7, 11) is 0. The first-order chi connectivity index (χ1) is 27.0. The number of piperidine rings is 1. The normalized spacial score (nSPS) is 19.3. The molecule has 5 heterocycles. The van der Waals surface area contributed by atoms with Crippen molar-refractivity contribution < 1.29 is 9.59 Å². The molecule has 1 aliphatic carbocycles. The molecule has 13 heteroatoms. The predicted molar refractivity (Wildman–Crippen MR) is 216 cm³/mol. The Bertz CT molecular complexity index is 2120. The summed E-state index contributed by atoms with van der Waals surface area (Å²) in [6.45, 7) is 7.38. The maximum atomic E-state index is 12.5. The number of nitrogens with zero attached hydrogens (tertiary/aromatic N) is 8. The number of urea groups is 1. The van der Waals surface area contributed by atoms with Crippen LogP contribution in [0.25, 0.3) is 11.2 Å². The van der Waals surface area contributed by atoms with Crippen molar-refractivity contribution in [3.8, 4) is 0 Å². The molecule has 3 aromatic carbocycles. The number of aromatic nitrogens is 4. The van der Waals surface area contributed by atoms with Crippen LogP contribution in [0.4, 0.5) is 39.4 Å². The maximum Gasteiger partial charge on any atom is 0.328 e. The van der Waals surface area contributed by atoms with Crippen LogP contribution in [0.2, 0.25) is 0 Å². The van der Waals surface area contributed by atoms with E-state index in [4.69, 9.17) is 9.97 Å². The van der Waals surface area contributed by atoms with Gasteiger partial charge >= 0.3 is 6.03 Å². The molecule has 3 N–H and O–H groups in total. The summed E-state index contributed by atoms with van der Waals surface area (Å²) < 4.78 is 2.28. The molecule has 0 atom stereocenters. The number of para-hydroxylation sites is 2. The molecule has 0 bridgehead atoms. The van der Waals surface area contributed by atoms with Crippen LogP contribution in [0, 0.1) is 0 Å². The van der Waals surface area contributed by atoms with Crippen molar-refractivity contribution in [2.45, 2.75) is 63.6 Å². The van der Waals surface area contributed by atoms with E-state index in [2.05, 4.69) is 82.7 Å².